The second-order valence-electron chi connectivity index (χ2n) is 14.7. The van der Waals surface area contributed by atoms with E-state index in [0.29, 0.717) is 0 Å². The van der Waals surface area contributed by atoms with Gasteiger partial charge in [-0.25, -0.2) is 4.79 Å². The molecule has 0 fully saturated rings. The summed E-state index contributed by atoms with van der Waals surface area (Å²) in [6.45, 7) is 0. The van der Waals surface area contributed by atoms with Gasteiger partial charge in [-0.2, -0.15) is 5.26 Å². The predicted octanol–water partition coefficient (Wildman–Crippen LogP) is 11.5. The molecule has 2 N–H and O–H groups in total. The molecule has 11 rings (SSSR count). The van der Waals surface area contributed by atoms with Crippen LogP contribution < -0.4 is 4.90 Å². The molecule has 8 aromatic rings. The Balaban J connectivity index is 0.929. The normalized spacial score (nSPS) is 13.2. The second-order valence-corrected chi connectivity index (χ2v) is 14.7. The number of anilines is 3. The Morgan fingerprint density at radius 1 is 0.556 bits per heavy atom. The van der Waals surface area contributed by atoms with E-state index in [1.807, 2.05) is 12.1 Å². The van der Waals surface area contributed by atoms with Crippen molar-refractivity contribution in [1.82, 2.24) is 4.98 Å². The highest BCUT2D eigenvalue weighted by Gasteiger charge is 2.29. The van der Waals surface area contributed by atoms with Gasteiger partial charge in [-0.1, -0.05) is 60.7 Å². The van der Waals surface area contributed by atoms with E-state index in [1.165, 1.54) is 83.6 Å². The quantitative estimate of drug-likeness (QED) is 0.139. The third kappa shape index (κ3) is 4.60. The Morgan fingerprint density at radius 3 is 1.65 bits per heavy atom. The summed E-state index contributed by atoms with van der Waals surface area (Å²) in [5.41, 5.74) is 21.8. The third-order valence-electron chi connectivity index (χ3n) is 11.6. The summed E-state index contributed by atoms with van der Waals surface area (Å²) in [7, 11) is 0. The van der Waals surface area contributed by atoms with Crippen molar-refractivity contribution >= 4 is 50.9 Å². The number of H-pyrrole nitrogens is 1. The van der Waals surface area contributed by atoms with Crippen LogP contribution in [0, 0.1) is 11.3 Å². The highest BCUT2D eigenvalue weighted by molar-refractivity contribution is 6.10. The molecule has 3 aliphatic rings. The largest absolute Gasteiger partial charge is 0.477 e. The van der Waals surface area contributed by atoms with E-state index in [-0.39, 0.29) is 5.57 Å². The number of carboxylic acids is 1. The van der Waals surface area contributed by atoms with Gasteiger partial charge < -0.3 is 15.0 Å². The summed E-state index contributed by atoms with van der Waals surface area (Å²) >= 11 is 0. The van der Waals surface area contributed by atoms with E-state index in [0.717, 1.165) is 52.9 Å². The van der Waals surface area contributed by atoms with Crippen LogP contribution in [0.1, 0.15) is 38.9 Å². The summed E-state index contributed by atoms with van der Waals surface area (Å²) in [6.07, 6.45) is 4.06. The molecule has 0 saturated carbocycles. The first-order chi connectivity index (χ1) is 26.5. The maximum atomic E-state index is 11.4. The lowest BCUT2D eigenvalue weighted by molar-refractivity contribution is -0.132. The molecule has 0 radical (unpaired) electrons. The molecule has 0 saturated heterocycles. The van der Waals surface area contributed by atoms with Crippen LogP contribution in [0.2, 0.25) is 0 Å². The van der Waals surface area contributed by atoms with Crippen molar-refractivity contribution in [3.8, 4) is 39.4 Å². The molecule has 0 unspecified atom stereocenters. The molecule has 0 aliphatic heterocycles. The number of carboxylic acid groups (broad SMARTS) is 1. The standard InChI is InChI=1S/C49H31N3O2/c50-27-35(49(53)54)16-28-11-13-39-29(15-28)17-30-21-42-31(20-41(30)39)18-32-23-44-33(22-43(32)42)19-34-24-46-40-14-12-38(25-47(40)51-48(46)26-45(34)44)52(36-7-3-1-4-8-36)37-9-5-2-6-10-37/h1-16,20-26,51H,17-19H2,(H,53,54)/b35-16+. The van der Waals surface area contributed by atoms with Gasteiger partial charge in [-0.15, -0.1) is 0 Å². The van der Waals surface area contributed by atoms with Crippen LogP contribution in [0.4, 0.5) is 17.1 Å². The molecule has 5 nitrogen and oxygen atoms in total. The van der Waals surface area contributed by atoms with Gasteiger partial charge in [0.2, 0.25) is 0 Å². The van der Waals surface area contributed by atoms with Crippen molar-refractivity contribution in [2.45, 2.75) is 19.3 Å². The summed E-state index contributed by atoms with van der Waals surface area (Å²) in [5, 5.41) is 21.0. The number of nitriles is 1. The summed E-state index contributed by atoms with van der Waals surface area (Å²) < 4.78 is 0. The smallest absolute Gasteiger partial charge is 0.346 e. The molecule has 54 heavy (non-hydrogen) atoms. The van der Waals surface area contributed by atoms with E-state index in [9.17, 15) is 15.2 Å². The van der Waals surface area contributed by atoms with Crippen LogP contribution in [0.15, 0.2) is 139 Å². The van der Waals surface area contributed by atoms with Gasteiger partial charge in [0.05, 0.1) is 0 Å². The van der Waals surface area contributed by atoms with Gasteiger partial charge in [0.25, 0.3) is 0 Å². The number of rotatable bonds is 5. The van der Waals surface area contributed by atoms with Crippen LogP contribution in [-0.2, 0) is 24.1 Å². The molecule has 0 amide bonds. The lowest BCUT2D eigenvalue weighted by Crippen LogP contribution is -2.09. The van der Waals surface area contributed by atoms with Crippen molar-refractivity contribution in [3.63, 3.8) is 0 Å². The fourth-order valence-electron chi connectivity index (χ4n) is 9.13. The number of aromatic amines is 1. The number of benzene rings is 7. The second kappa shape index (κ2) is 11.4. The van der Waals surface area contributed by atoms with Crippen LogP contribution in [0.5, 0.6) is 0 Å². The van der Waals surface area contributed by atoms with E-state index in [4.69, 9.17) is 0 Å². The Kier molecular flexibility index (Phi) is 6.44. The Hall–Kier alpha value is -7.16. The fraction of sp³-hybridized carbons (Fsp3) is 0.0612. The number of aliphatic carboxylic acids is 1. The number of fused-ring (bicyclic) bond motifs is 12. The number of hydrogen-bond acceptors (Lipinski definition) is 3. The van der Waals surface area contributed by atoms with Crippen LogP contribution in [0.25, 0.3) is 61.3 Å². The van der Waals surface area contributed by atoms with Gasteiger partial charge in [0.15, 0.2) is 0 Å². The molecule has 0 spiro atoms. The molecule has 254 valence electrons. The summed E-state index contributed by atoms with van der Waals surface area (Å²) in [5.74, 6) is -1.21. The molecule has 1 heterocycles. The van der Waals surface area contributed by atoms with E-state index < -0.39 is 5.97 Å². The Bertz CT molecular complexity index is 2960. The number of carbonyl (C=O) groups is 1. The molecular formula is C49H31N3O2. The zero-order valence-electron chi connectivity index (χ0n) is 29.2. The molecule has 5 heteroatoms. The number of nitrogens with one attached hydrogen (secondary N) is 1. The van der Waals surface area contributed by atoms with Crippen LogP contribution >= 0.6 is 0 Å². The molecular weight excluding hydrogens is 663 g/mol. The first kappa shape index (κ1) is 30.5. The molecule has 0 atom stereocenters. The van der Waals surface area contributed by atoms with Crippen molar-refractivity contribution in [1.29, 1.82) is 5.26 Å². The van der Waals surface area contributed by atoms with Crippen molar-refractivity contribution in [2.75, 3.05) is 4.90 Å². The minimum Gasteiger partial charge on any atom is -0.477 e. The Labute approximate surface area is 311 Å². The zero-order chi connectivity index (χ0) is 36.1. The van der Waals surface area contributed by atoms with Gasteiger partial charge in [-0.05, 0) is 170 Å². The summed E-state index contributed by atoms with van der Waals surface area (Å²) in [6, 6.07) is 50.0. The van der Waals surface area contributed by atoms with Crippen molar-refractivity contribution < 1.29 is 9.90 Å². The van der Waals surface area contributed by atoms with Crippen LogP contribution in [0.3, 0.4) is 0 Å². The number of aromatic nitrogens is 1. The minimum atomic E-state index is -1.21. The number of hydrogen-bond donors (Lipinski definition) is 2. The first-order valence-corrected chi connectivity index (χ1v) is 18.3. The molecule has 0 bridgehead atoms. The highest BCUT2D eigenvalue weighted by atomic mass is 16.4. The average molecular weight is 694 g/mol. The zero-order valence-corrected chi connectivity index (χ0v) is 29.2. The third-order valence-corrected chi connectivity index (χ3v) is 11.6. The van der Waals surface area contributed by atoms with E-state index >= 15 is 0 Å². The first-order valence-electron chi connectivity index (χ1n) is 18.3. The maximum absolute atomic E-state index is 11.4. The predicted molar refractivity (Wildman–Crippen MR) is 216 cm³/mol. The van der Waals surface area contributed by atoms with Gasteiger partial charge in [0, 0.05) is 38.9 Å². The number of para-hydroxylation sites is 2. The lowest BCUT2D eigenvalue weighted by atomic mass is 9.96. The SMILES string of the molecule is N#C/C(=C\c1ccc2c(c1)Cc1cc3c(cc1-2)Cc1cc2c(cc1-3)Cc1cc3c(cc1-2)[nH]c1cc(N(c2ccccc2)c2ccccc2)ccc13)C(=O)O. The fourth-order valence-corrected chi connectivity index (χ4v) is 9.13. The van der Waals surface area contributed by atoms with Crippen molar-refractivity contribution in [3.05, 3.63) is 178 Å². The topological polar surface area (TPSA) is 80.1 Å². The van der Waals surface area contributed by atoms with Crippen LogP contribution in [-0.4, -0.2) is 16.1 Å². The molecule has 3 aliphatic carbocycles. The molecule has 7 aromatic carbocycles. The Morgan fingerprint density at radius 2 is 1.07 bits per heavy atom. The van der Waals surface area contributed by atoms with Crippen molar-refractivity contribution in [2.24, 2.45) is 0 Å². The van der Waals surface area contributed by atoms with Gasteiger partial charge in [0.1, 0.15) is 11.6 Å². The van der Waals surface area contributed by atoms with Gasteiger partial charge >= 0.3 is 5.97 Å². The van der Waals surface area contributed by atoms with Gasteiger partial charge in [-0.3, -0.25) is 0 Å². The minimum absolute atomic E-state index is 0.259. The highest BCUT2D eigenvalue weighted by Crippen LogP contribution is 2.49. The van der Waals surface area contributed by atoms with E-state index in [2.05, 4.69) is 131 Å². The number of nitrogens with zero attached hydrogens (tertiary/aromatic N) is 2. The molecule has 1 aromatic heterocycles. The lowest BCUT2D eigenvalue weighted by Gasteiger charge is -2.25. The average Bonchev–Trinajstić information content (AvgIpc) is 3.93. The van der Waals surface area contributed by atoms with E-state index in [1.54, 1.807) is 6.07 Å². The summed E-state index contributed by atoms with van der Waals surface area (Å²) in [4.78, 5) is 17.5. The maximum Gasteiger partial charge on any atom is 0.346 e. The monoisotopic (exact) mass is 693 g/mol.